The average Bonchev–Trinajstić information content (AvgIpc) is 3.48. The molecule has 2 aromatic heterocycles. The molecule has 0 bridgehead atoms. The molecule has 5 rings (SSSR count). The molecule has 2 unspecified atom stereocenters. The van der Waals surface area contributed by atoms with Crippen molar-refractivity contribution in [2.75, 3.05) is 0 Å². The molecule has 1 aromatic carbocycles. The van der Waals surface area contributed by atoms with Gasteiger partial charge >= 0.3 is 0 Å². The van der Waals surface area contributed by atoms with Crippen LogP contribution in [0.5, 0.6) is 0 Å². The molecule has 3 aromatic rings. The summed E-state index contributed by atoms with van der Waals surface area (Å²) in [4.78, 5) is 15.8. The van der Waals surface area contributed by atoms with Gasteiger partial charge in [-0.15, -0.1) is 22.7 Å². The van der Waals surface area contributed by atoms with Gasteiger partial charge in [-0.05, 0) is 72.0 Å². The predicted octanol–water partition coefficient (Wildman–Crippen LogP) is 6.90. The molecule has 1 fully saturated rings. The molecule has 2 atom stereocenters. The average molecular weight is 439 g/mol. The minimum atomic E-state index is -0.0942. The van der Waals surface area contributed by atoms with Gasteiger partial charge in [0.25, 0.3) is 5.91 Å². The van der Waals surface area contributed by atoms with Crippen LogP contribution in [0.25, 0.3) is 6.08 Å². The van der Waals surface area contributed by atoms with E-state index in [1.54, 1.807) is 39.8 Å². The normalized spacial score (nSPS) is 22.6. The number of nitrogens with zero attached hydrogens (tertiary/aromatic N) is 2. The Morgan fingerprint density at radius 2 is 2.00 bits per heavy atom. The van der Waals surface area contributed by atoms with E-state index < -0.39 is 0 Å². The van der Waals surface area contributed by atoms with Gasteiger partial charge in [0, 0.05) is 26.3 Å². The van der Waals surface area contributed by atoms with E-state index in [9.17, 15) is 4.79 Å². The Hall–Kier alpha value is -2.21. The van der Waals surface area contributed by atoms with E-state index in [-0.39, 0.29) is 17.9 Å². The molecule has 0 N–H and O–H groups in total. The van der Waals surface area contributed by atoms with Gasteiger partial charge < -0.3 is 0 Å². The van der Waals surface area contributed by atoms with Gasteiger partial charge in [-0.1, -0.05) is 29.8 Å². The van der Waals surface area contributed by atoms with Crippen molar-refractivity contribution in [3.8, 4) is 0 Å². The minimum absolute atomic E-state index is 0.0523. The van der Waals surface area contributed by atoms with E-state index >= 15 is 0 Å². The fourth-order valence-electron chi connectivity index (χ4n) is 4.20. The Balaban J connectivity index is 1.57. The van der Waals surface area contributed by atoms with Crippen LogP contribution in [0.3, 0.4) is 0 Å². The summed E-state index contributed by atoms with van der Waals surface area (Å²) in [5.41, 5.74) is 2.90. The van der Waals surface area contributed by atoms with Crippen molar-refractivity contribution < 1.29 is 4.79 Å². The van der Waals surface area contributed by atoms with Gasteiger partial charge in [-0.25, -0.2) is 5.01 Å². The maximum atomic E-state index is 13.4. The molecule has 146 valence electrons. The van der Waals surface area contributed by atoms with Gasteiger partial charge in [0.2, 0.25) is 0 Å². The number of hydrogen-bond acceptors (Lipinski definition) is 4. The molecule has 1 amide bonds. The summed E-state index contributed by atoms with van der Waals surface area (Å²) >= 11 is 9.57. The lowest BCUT2D eigenvalue weighted by molar-refractivity contribution is 0.0684. The molecule has 3 nitrogen and oxygen atoms in total. The SMILES string of the molecule is O=C(c1cccc(Cl)c1)N1N=C2/C(=C\c3cccs3)CCCC2C1c1cccs1. The van der Waals surface area contributed by atoms with E-state index in [0.29, 0.717) is 10.6 Å². The second-order valence-corrected chi connectivity index (χ2v) is 9.68. The topological polar surface area (TPSA) is 32.7 Å². The number of amides is 1. The summed E-state index contributed by atoms with van der Waals surface area (Å²) in [5, 5.41) is 11.3. The molecular formula is C23H19ClN2OS2. The molecule has 1 aliphatic carbocycles. The molecule has 1 aliphatic heterocycles. The van der Waals surface area contributed by atoms with Crippen LogP contribution in [-0.4, -0.2) is 16.6 Å². The summed E-state index contributed by atoms with van der Waals surface area (Å²) in [6.07, 6.45) is 5.41. The van der Waals surface area contributed by atoms with Gasteiger partial charge in [0.1, 0.15) is 0 Å². The number of allylic oxidation sites excluding steroid dienone is 1. The number of benzene rings is 1. The largest absolute Gasteiger partial charge is 0.274 e. The second kappa shape index (κ2) is 7.90. The van der Waals surface area contributed by atoms with Crippen molar-refractivity contribution >= 4 is 52.0 Å². The van der Waals surface area contributed by atoms with Crippen LogP contribution in [0.15, 0.2) is 70.0 Å². The Bertz CT molecular complexity index is 1090. The molecule has 6 heteroatoms. The van der Waals surface area contributed by atoms with Gasteiger partial charge in [0.15, 0.2) is 0 Å². The van der Waals surface area contributed by atoms with E-state index in [0.717, 1.165) is 25.0 Å². The number of carbonyl (C=O) groups is 1. The Morgan fingerprint density at radius 3 is 2.76 bits per heavy atom. The maximum absolute atomic E-state index is 13.4. The fraction of sp³-hybridized carbons (Fsp3) is 0.217. The van der Waals surface area contributed by atoms with Crippen molar-refractivity contribution in [1.29, 1.82) is 0 Å². The molecule has 3 heterocycles. The highest BCUT2D eigenvalue weighted by Gasteiger charge is 2.44. The number of hydrogen-bond donors (Lipinski definition) is 0. The van der Waals surface area contributed by atoms with Crippen LogP contribution >= 0.6 is 34.3 Å². The van der Waals surface area contributed by atoms with Crippen LogP contribution in [0.2, 0.25) is 5.02 Å². The summed E-state index contributed by atoms with van der Waals surface area (Å²) in [6.45, 7) is 0. The van der Waals surface area contributed by atoms with Crippen LogP contribution in [0.4, 0.5) is 0 Å². The highest BCUT2D eigenvalue weighted by atomic mass is 35.5. The zero-order chi connectivity index (χ0) is 19.8. The number of fused-ring (bicyclic) bond motifs is 1. The first-order valence-corrected chi connectivity index (χ1v) is 11.8. The molecule has 0 saturated heterocycles. The number of rotatable bonds is 3. The first-order chi connectivity index (χ1) is 14.2. The van der Waals surface area contributed by atoms with Crippen molar-refractivity contribution in [3.63, 3.8) is 0 Å². The van der Waals surface area contributed by atoms with E-state index in [1.165, 1.54) is 15.3 Å². The van der Waals surface area contributed by atoms with Crippen molar-refractivity contribution in [3.05, 3.63) is 85.2 Å². The van der Waals surface area contributed by atoms with E-state index in [2.05, 4.69) is 35.0 Å². The first-order valence-electron chi connectivity index (χ1n) is 9.66. The summed E-state index contributed by atoms with van der Waals surface area (Å²) in [6, 6.07) is 15.4. The quantitative estimate of drug-likeness (QED) is 0.437. The zero-order valence-electron chi connectivity index (χ0n) is 15.6. The Morgan fingerprint density at radius 1 is 1.14 bits per heavy atom. The number of hydrazone groups is 1. The highest BCUT2D eigenvalue weighted by molar-refractivity contribution is 7.11. The highest BCUT2D eigenvalue weighted by Crippen LogP contribution is 2.46. The van der Waals surface area contributed by atoms with Gasteiger partial charge in [0.05, 0.1) is 11.8 Å². The van der Waals surface area contributed by atoms with Gasteiger partial charge in [-0.2, -0.15) is 5.10 Å². The van der Waals surface area contributed by atoms with E-state index in [4.69, 9.17) is 16.7 Å². The van der Waals surface area contributed by atoms with Crippen LogP contribution < -0.4 is 0 Å². The standard InChI is InChI=1S/C23H19ClN2OS2/c24-17-7-1-6-16(13-17)23(27)26-22(20-10-4-12-29-20)19-9-2-5-15(21(19)25-26)14-18-8-3-11-28-18/h1,3-4,6-8,10-14,19,22H,2,5,9H2/b15-14-. The Labute approximate surface area is 182 Å². The van der Waals surface area contributed by atoms with Crippen molar-refractivity contribution in [2.45, 2.75) is 25.3 Å². The first kappa shape index (κ1) is 18.8. The third-order valence-electron chi connectivity index (χ3n) is 5.48. The zero-order valence-corrected chi connectivity index (χ0v) is 18.0. The number of thiophene rings is 2. The summed E-state index contributed by atoms with van der Waals surface area (Å²) in [7, 11) is 0. The lowest BCUT2D eigenvalue weighted by atomic mass is 9.79. The third-order valence-corrected chi connectivity index (χ3v) is 7.47. The molecule has 29 heavy (non-hydrogen) atoms. The maximum Gasteiger partial charge on any atom is 0.274 e. The third kappa shape index (κ3) is 3.59. The number of carbonyl (C=O) groups excluding carboxylic acids is 1. The van der Waals surface area contributed by atoms with Crippen LogP contribution in [0.1, 0.15) is 45.4 Å². The van der Waals surface area contributed by atoms with Crippen LogP contribution in [-0.2, 0) is 0 Å². The summed E-state index contributed by atoms with van der Waals surface area (Å²) in [5.74, 6) is 0.139. The molecule has 2 aliphatic rings. The lowest BCUT2D eigenvalue weighted by Crippen LogP contribution is -2.31. The predicted molar refractivity (Wildman–Crippen MR) is 122 cm³/mol. The monoisotopic (exact) mass is 438 g/mol. The number of halogens is 1. The van der Waals surface area contributed by atoms with Crippen molar-refractivity contribution in [1.82, 2.24) is 5.01 Å². The smallest absolute Gasteiger partial charge is 0.267 e. The molecular weight excluding hydrogens is 420 g/mol. The van der Waals surface area contributed by atoms with Crippen LogP contribution in [0, 0.1) is 5.92 Å². The van der Waals surface area contributed by atoms with Crippen molar-refractivity contribution in [2.24, 2.45) is 11.0 Å². The lowest BCUT2D eigenvalue weighted by Gasteiger charge is -2.28. The molecule has 0 radical (unpaired) electrons. The molecule has 0 spiro atoms. The Kier molecular flexibility index (Phi) is 5.12. The minimum Gasteiger partial charge on any atom is -0.267 e. The van der Waals surface area contributed by atoms with E-state index in [1.807, 2.05) is 18.2 Å². The fourth-order valence-corrected chi connectivity index (χ4v) is 5.95. The second-order valence-electron chi connectivity index (χ2n) is 7.29. The summed E-state index contributed by atoms with van der Waals surface area (Å²) < 4.78 is 0. The molecule has 1 saturated carbocycles. The van der Waals surface area contributed by atoms with Gasteiger partial charge in [-0.3, -0.25) is 4.79 Å².